The molecule has 0 spiro atoms. The topological polar surface area (TPSA) is 63.6 Å². The maximum atomic E-state index is 9.81. The third kappa shape index (κ3) is 22.5. The molecular formula is C9H20NO4+. The zero-order chi connectivity index (χ0) is 11.8. The molecule has 0 aliphatic heterocycles. The maximum Gasteiger partial charge on any atom is 0.310 e. The summed E-state index contributed by atoms with van der Waals surface area (Å²) in [4.78, 5) is 19.6. The molecule has 5 nitrogen and oxygen atoms in total. The fraction of sp³-hybridized carbons (Fsp3) is 0.778. The van der Waals surface area contributed by atoms with Gasteiger partial charge in [-0.05, 0) is 0 Å². The molecule has 0 aromatic carbocycles. The average Bonchev–Trinajstić information content (AvgIpc) is 1.80. The molecule has 0 aromatic rings. The Bertz CT molecular complexity index is 172. The Balaban J connectivity index is 0. The van der Waals surface area contributed by atoms with E-state index in [2.05, 4.69) is 25.9 Å². The number of nitrogens with zero attached hydrogens (tertiary/aromatic N) is 1. The Kier molecular flexibility index (Phi) is 8.28. The fourth-order valence-corrected chi connectivity index (χ4v) is 0.502. The van der Waals surface area contributed by atoms with E-state index in [0.29, 0.717) is 0 Å². The van der Waals surface area contributed by atoms with Gasteiger partial charge in [0.1, 0.15) is 6.54 Å². The van der Waals surface area contributed by atoms with E-state index in [4.69, 9.17) is 5.11 Å². The molecule has 84 valence electrons. The molecule has 0 radical (unpaired) electrons. The van der Waals surface area contributed by atoms with Gasteiger partial charge in [-0.1, -0.05) is 0 Å². The number of likely N-dealkylation sites (N-methyl/N-ethyl adjacent to an activating group) is 1. The molecule has 0 heterocycles. The van der Waals surface area contributed by atoms with E-state index in [-0.39, 0.29) is 6.61 Å². The number of hydrogen-bond donors (Lipinski definition) is 1. The Labute approximate surface area is 84.9 Å². The summed E-state index contributed by atoms with van der Waals surface area (Å²) in [5.74, 6) is -1.12. The first-order chi connectivity index (χ1) is 6.19. The number of carbonyl (C=O) groups is 2. The standard InChI is InChI=1S/C5H14NO.C4H6O3/c1-6(2,3)4-5-7;1-3(5)7-4(2)6/h7H,4-5H2,1-3H3;1-2H3/q+1;. The van der Waals surface area contributed by atoms with Crippen molar-refractivity contribution in [2.75, 3.05) is 34.3 Å². The number of carbonyl (C=O) groups excluding carboxylic acids is 2. The highest BCUT2D eigenvalue weighted by atomic mass is 16.6. The summed E-state index contributed by atoms with van der Waals surface area (Å²) in [6.45, 7) is 3.48. The normalized spacial score (nSPS) is 9.86. The number of esters is 2. The first-order valence-corrected chi connectivity index (χ1v) is 4.29. The lowest BCUT2D eigenvalue weighted by Gasteiger charge is -2.21. The molecule has 0 saturated heterocycles. The zero-order valence-corrected chi connectivity index (χ0v) is 9.53. The Hall–Kier alpha value is -0.940. The minimum Gasteiger partial charge on any atom is -0.394 e. The summed E-state index contributed by atoms with van der Waals surface area (Å²) >= 11 is 0. The lowest BCUT2D eigenvalue weighted by molar-refractivity contribution is -0.870. The first-order valence-electron chi connectivity index (χ1n) is 4.29. The summed E-state index contributed by atoms with van der Waals surface area (Å²) < 4.78 is 4.82. The molecule has 5 heteroatoms. The van der Waals surface area contributed by atoms with Gasteiger partial charge in [0.2, 0.25) is 0 Å². The van der Waals surface area contributed by atoms with Crippen molar-refractivity contribution in [3.05, 3.63) is 0 Å². The molecule has 14 heavy (non-hydrogen) atoms. The molecular weight excluding hydrogens is 186 g/mol. The quantitative estimate of drug-likeness (QED) is 0.385. The van der Waals surface area contributed by atoms with Gasteiger partial charge in [0.05, 0.1) is 27.7 Å². The van der Waals surface area contributed by atoms with Crippen LogP contribution < -0.4 is 0 Å². The number of aliphatic hydroxyl groups is 1. The third-order valence-corrected chi connectivity index (χ3v) is 1.06. The van der Waals surface area contributed by atoms with Crippen molar-refractivity contribution in [2.45, 2.75) is 13.8 Å². The van der Waals surface area contributed by atoms with Crippen LogP contribution in [0.5, 0.6) is 0 Å². The van der Waals surface area contributed by atoms with Crippen LogP contribution in [0.25, 0.3) is 0 Å². The summed E-state index contributed by atoms with van der Waals surface area (Å²) in [6.07, 6.45) is 0. The van der Waals surface area contributed by atoms with E-state index in [0.717, 1.165) is 11.0 Å². The number of ether oxygens (including phenoxy) is 1. The highest BCUT2D eigenvalue weighted by Crippen LogP contribution is 1.84. The van der Waals surface area contributed by atoms with Crippen LogP contribution >= 0.6 is 0 Å². The van der Waals surface area contributed by atoms with Crippen LogP contribution in [0.2, 0.25) is 0 Å². The molecule has 0 rings (SSSR count). The minimum absolute atomic E-state index is 0.281. The number of rotatable bonds is 2. The van der Waals surface area contributed by atoms with E-state index in [1.165, 1.54) is 13.8 Å². The second-order valence-corrected chi connectivity index (χ2v) is 3.82. The molecule has 0 aliphatic rings. The molecule has 0 atom stereocenters. The predicted octanol–water partition coefficient (Wildman–Crippen LogP) is -0.219. The molecule has 0 fully saturated rings. The monoisotopic (exact) mass is 206 g/mol. The van der Waals surface area contributed by atoms with Gasteiger partial charge in [-0.2, -0.15) is 0 Å². The maximum absolute atomic E-state index is 9.81. The summed E-state index contributed by atoms with van der Waals surface area (Å²) in [6, 6.07) is 0. The smallest absolute Gasteiger partial charge is 0.310 e. The van der Waals surface area contributed by atoms with Crippen molar-refractivity contribution in [1.29, 1.82) is 0 Å². The molecule has 0 saturated carbocycles. The SMILES string of the molecule is CC(=O)OC(C)=O.C[N+](C)(C)CCO. The largest absolute Gasteiger partial charge is 0.394 e. The van der Waals surface area contributed by atoms with Crippen LogP contribution in [-0.4, -0.2) is 55.8 Å². The van der Waals surface area contributed by atoms with Gasteiger partial charge in [0.15, 0.2) is 0 Å². The van der Waals surface area contributed by atoms with Gasteiger partial charge in [-0.25, -0.2) is 0 Å². The van der Waals surface area contributed by atoms with E-state index >= 15 is 0 Å². The highest BCUT2D eigenvalue weighted by Gasteiger charge is 2.02. The molecule has 0 aliphatic carbocycles. The van der Waals surface area contributed by atoms with Gasteiger partial charge in [0, 0.05) is 13.8 Å². The van der Waals surface area contributed by atoms with Crippen LogP contribution in [0.4, 0.5) is 0 Å². The zero-order valence-electron chi connectivity index (χ0n) is 9.53. The Morgan fingerprint density at radius 2 is 1.50 bits per heavy atom. The van der Waals surface area contributed by atoms with Gasteiger partial charge in [-0.15, -0.1) is 0 Å². The minimum atomic E-state index is -0.562. The summed E-state index contributed by atoms with van der Waals surface area (Å²) in [5, 5.41) is 8.39. The van der Waals surface area contributed by atoms with Crippen LogP contribution in [0.3, 0.4) is 0 Å². The number of aliphatic hydroxyl groups excluding tert-OH is 1. The van der Waals surface area contributed by atoms with Crippen molar-refractivity contribution < 1.29 is 23.9 Å². The molecule has 0 aromatic heterocycles. The lowest BCUT2D eigenvalue weighted by Crippen LogP contribution is -2.36. The molecule has 1 N–H and O–H groups in total. The molecule has 0 amide bonds. The van der Waals surface area contributed by atoms with E-state index in [9.17, 15) is 9.59 Å². The van der Waals surface area contributed by atoms with Crippen molar-refractivity contribution >= 4 is 11.9 Å². The van der Waals surface area contributed by atoms with E-state index in [1.807, 2.05) is 0 Å². The van der Waals surface area contributed by atoms with Crippen molar-refractivity contribution in [1.82, 2.24) is 0 Å². The van der Waals surface area contributed by atoms with Crippen molar-refractivity contribution in [2.24, 2.45) is 0 Å². The third-order valence-electron chi connectivity index (χ3n) is 1.06. The molecule has 0 bridgehead atoms. The highest BCUT2D eigenvalue weighted by molar-refractivity contribution is 5.82. The number of quaternary nitrogens is 1. The summed E-state index contributed by atoms with van der Waals surface area (Å²) in [7, 11) is 6.16. The summed E-state index contributed by atoms with van der Waals surface area (Å²) in [5.41, 5.74) is 0. The van der Waals surface area contributed by atoms with E-state index < -0.39 is 11.9 Å². The Morgan fingerprint density at radius 1 is 1.14 bits per heavy atom. The second kappa shape index (κ2) is 7.46. The van der Waals surface area contributed by atoms with Crippen LogP contribution in [0.15, 0.2) is 0 Å². The van der Waals surface area contributed by atoms with Gasteiger partial charge in [-0.3, -0.25) is 9.59 Å². The van der Waals surface area contributed by atoms with Crippen LogP contribution in [0, 0.1) is 0 Å². The van der Waals surface area contributed by atoms with Gasteiger partial charge in [0.25, 0.3) is 0 Å². The Morgan fingerprint density at radius 3 is 1.50 bits per heavy atom. The van der Waals surface area contributed by atoms with Gasteiger partial charge < -0.3 is 14.3 Å². The fourth-order valence-electron chi connectivity index (χ4n) is 0.502. The van der Waals surface area contributed by atoms with Crippen LogP contribution in [0.1, 0.15) is 13.8 Å². The van der Waals surface area contributed by atoms with Crippen LogP contribution in [-0.2, 0) is 14.3 Å². The van der Waals surface area contributed by atoms with Crippen molar-refractivity contribution in [3.8, 4) is 0 Å². The number of hydrogen-bond acceptors (Lipinski definition) is 4. The van der Waals surface area contributed by atoms with E-state index in [1.54, 1.807) is 0 Å². The molecule has 0 unspecified atom stereocenters. The predicted molar refractivity (Wildman–Crippen MR) is 52.4 cm³/mol. The van der Waals surface area contributed by atoms with Gasteiger partial charge >= 0.3 is 11.9 Å². The second-order valence-electron chi connectivity index (χ2n) is 3.82. The lowest BCUT2D eigenvalue weighted by atomic mass is 10.5. The average molecular weight is 206 g/mol. The van der Waals surface area contributed by atoms with Crippen molar-refractivity contribution in [3.63, 3.8) is 0 Å². The first kappa shape index (κ1) is 15.5.